The molecule has 136 valence electrons. The summed E-state index contributed by atoms with van der Waals surface area (Å²) >= 11 is 0. The molecule has 1 aliphatic heterocycles. The van der Waals surface area contributed by atoms with E-state index in [1.54, 1.807) is 19.9 Å². The van der Waals surface area contributed by atoms with E-state index in [9.17, 15) is 25.5 Å². The van der Waals surface area contributed by atoms with Crippen molar-refractivity contribution < 1.29 is 30.3 Å². The summed E-state index contributed by atoms with van der Waals surface area (Å²) in [5, 5.41) is 49.5. The minimum atomic E-state index is -0.971. The van der Waals surface area contributed by atoms with Gasteiger partial charge >= 0.3 is 0 Å². The second-order valence-electron chi connectivity index (χ2n) is 5.85. The Morgan fingerprint density at radius 2 is 1.52 bits per heavy atom. The molecule has 0 saturated carbocycles. The Morgan fingerprint density at radius 1 is 0.880 bits per heavy atom. The Labute approximate surface area is 146 Å². The van der Waals surface area contributed by atoms with Gasteiger partial charge in [-0.3, -0.25) is 0 Å². The molecule has 2 aromatic carbocycles. The van der Waals surface area contributed by atoms with Crippen LogP contribution in [0.5, 0.6) is 28.7 Å². The van der Waals surface area contributed by atoms with E-state index in [-0.39, 0.29) is 23.0 Å². The number of aromatic hydroxyl groups is 4. The number of phenolic OH excluding ortho intramolecular Hbond substituents is 4. The van der Waals surface area contributed by atoms with Gasteiger partial charge in [-0.2, -0.15) is 0 Å². The van der Waals surface area contributed by atoms with Crippen LogP contribution in [0.2, 0.25) is 0 Å². The second-order valence-corrected chi connectivity index (χ2v) is 5.85. The van der Waals surface area contributed by atoms with Crippen LogP contribution < -0.4 is 4.74 Å². The van der Waals surface area contributed by atoms with E-state index in [1.807, 2.05) is 13.8 Å². The van der Waals surface area contributed by atoms with Crippen molar-refractivity contribution in [3.05, 3.63) is 41.0 Å². The minimum absolute atomic E-state index is 0.0999. The van der Waals surface area contributed by atoms with Crippen LogP contribution in [0.1, 0.15) is 49.5 Å². The third-order valence-corrected chi connectivity index (χ3v) is 4.37. The Bertz CT molecular complexity index is 771. The number of rotatable bonds is 1. The van der Waals surface area contributed by atoms with Crippen LogP contribution in [-0.2, 0) is 0 Å². The lowest BCUT2D eigenvalue weighted by molar-refractivity contribution is 0.00214. The summed E-state index contributed by atoms with van der Waals surface area (Å²) in [5.74, 6) is -0.943. The average Bonchev–Trinajstić information content (AvgIpc) is 2.59. The van der Waals surface area contributed by atoms with Gasteiger partial charge in [0.1, 0.15) is 23.4 Å². The molecule has 0 radical (unpaired) electrons. The number of fused-ring (bicyclic) bond motifs is 1. The first kappa shape index (κ1) is 18.7. The maximum Gasteiger partial charge on any atom is 0.157 e. The molecule has 0 aliphatic carbocycles. The molecular weight excluding hydrogens is 324 g/mol. The van der Waals surface area contributed by atoms with E-state index in [0.29, 0.717) is 22.4 Å². The van der Waals surface area contributed by atoms with Gasteiger partial charge in [0.05, 0.1) is 0 Å². The molecule has 0 bridgehead atoms. The van der Waals surface area contributed by atoms with Crippen LogP contribution in [0.4, 0.5) is 0 Å². The molecular formula is C19H24O6. The monoisotopic (exact) mass is 348 g/mol. The van der Waals surface area contributed by atoms with Gasteiger partial charge < -0.3 is 30.3 Å². The summed E-state index contributed by atoms with van der Waals surface area (Å²) in [6, 6.07) is 5.40. The molecule has 3 rings (SSSR count). The van der Waals surface area contributed by atoms with Crippen LogP contribution in [0.15, 0.2) is 24.3 Å². The molecule has 3 unspecified atom stereocenters. The molecule has 6 heteroatoms. The molecule has 2 aromatic rings. The van der Waals surface area contributed by atoms with Crippen molar-refractivity contribution in [3.8, 4) is 28.7 Å². The van der Waals surface area contributed by atoms with Gasteiger partial charge in [-0.05, 0) is 24.6 Å². The van der Waals surface area contributed by atoms with Crippen LogP contribution >= 0.6 is 0 Å². The van der Waals surface area contributed by atoms with Gasteiger partial charge in [0.2, 0.25) is 0 Å². The first-order valence-electron chi connectivity index (χ1n) is 8.23. The number of aliphatic hydroxyl groups is 1. The highest BCUT2D eigenvalue weighted by atomic mass is 16.5. The fraction of sp³-hybridized carbons (Fsp3) is 0.368. The molecule has 6 nitrogen and oxygen atoms in total. The topological polar surface area (TPSA) is 110 Å². The van der Waals surface area contributed by atoms with Crippen molar-refractivity contribution in [1.82, 2.24) is 0 Å². The van der Waals surface area contributed by atoms with Crippen molar-refractivity contribution in [3.63, 3.8) is 0 Å². The van der Waals surface area contributed by atoms with Gasteiger partial charge in [-0.25, -0.2) is 0 Å². The van der Waals surface area contributed by atoms with Crippen molar-refractivity contribution >= 4 is 0 Å². The molecule has 0 spiro atoms. The van der Waals surface area contributed by atoms with E-state index < -0.39 is 18.1 Å². The summed E-state index contributed by atoms with van der Waals surface area (Å²) in [6.07, 6.45) is -1.77. The number of phenols is 4. The third-order valence-electron chi connectivity index (χ3n) is 4.37. The maximum absolute atomic E-state index is 10.5. The normalized spacial score (nSPS) is 21.6. The third kappa shape index (κ3) is 3.17. The molecule has 5 N–H and O–H groups in total. The molecule has 0 fully saturated rings. The lowest BCUT2D eigenvalue weighted by atomic mass is 9.84. The number of hydrogen-bond acceptors (Lipinski definition) is 6. The van der Waals surface area contributed by atoms with Gasteiger partial charge in [0.25, 0.3) is 0 Å². The SMILES string of the molecule is CC.Cc1c(O)cc(O)c2c1OC(c1ccc(O)c(O)c1)C(O)C2C. The van der Waals surface area contributed by atoms with Crippen molar-refractivity contribution in [2.75, 3.05) is 0 Å². The van der Waals surface area contributed by atoms with E-state index in [4.69, 9.17) is 4.74 Å². The summed E-state index contributed by atoms with van der Waals surface area (Å²) in [7, 11) is 0. The molecule has 1 aliphatic rings. The molecule has 0 saturated heterocycles. The summed E-state index contributed by atoms with van der Waals surface area (Å²) in [6.45, 7) is 7.40. The largest absolute Gasteiger partial charge is 0.507 e. The van der Waals surface area contributed by atoms with Crippen LogP contribution in [0, 0.1) is 6.92 Å². The molecule has 25 heavy (non-hydrogen) atoms. The van der Waals surface area contributed by atoms with Crippen molar-refractivity contribution in [2.24, 2.45) is 0 Å². The van der Waals surface area contributed by atoms with Gasteiger partial charge in [-0.1, -0.05) is 26.8 Å². The number of aliphatic hydroxyl groups excluding tert-OH is 1. The van der Waals surface area contributed by atoms with Crippen LogP contribution in [-0.4, -0.2) is 31.6 Å². The first-order chi connectivity index (χ1) is 11.8. The standard InChI is InChI=1S/C17H18O6.C2H6/c1-7-11(19)6-13(21)14-8(2)15(22)17(23-16(7)14)9-3-4-10(18)12(20)5-9;1-2/h3-6,8,15,17-22H,1-2H3;1-2H3. The fourth-order valence-corrected chi connectivity index (χ4v) is 2.95. The zero-order chi connectivity index (χ0) is 18.9. The number of hydrogen-bond donors (Lipinski definition) is 5. The van der Waals surface area contributed by atoms with Crippen molar-refractivity contribution in [2.45, 2.75) is 45.8 Å². The molecule has 0 aromatic heterocycles. The minimum Gasteiger partial charge on any atom is -0.507 e. The number of benzene rings is 2. The van der Waals surface area contributed by atoms with E-state index in [2.05, 4.69) is 0 Å². The zero-order valence-corrected chi connectivity index (χ0v) is 14.7. The predicted molar refractivity (Wildman–Crippen MR) is 93.4 cm³/mol. The predicted octanol–water partition coefficient (Wildman–Crippen LogP) is 3.44. The highest BCUT2D eigenvalue weighted by Crippen LogP contribution is 2.50. The van der Waals surface area contributed by atoms with Gasteiger partial charge in [-0.15, -0.1) is 0 Å². The van der Waals surface area contributed by atoms with E-state index in [0.717, 1.165) is 0 Å². The summed E-state index contributed by atoms with van der Waals surface area (Å²) < 4.78 is 5.83. The van der Waals surface area contributed by atoms with E-state index >= 15 is 0 Å². The number of ether oxygens (including phenoxy) is 1. The molecule has 0 amide bonds. The Hall–Kier alpha value is -2.60. The average molecular weight is 348 g/mol. The smallest absolute Gasteiger partial charge is 0.157 e. The Balaban J connectivity index is 0.00000109. The lowest BCUT2D eigenvalue weighted by Gasteiger charge is -2.36. The van der Waals surface area contributed by atoms with Crippen LogP contribution in [0.25, 0.3) is 0 Å². The highest BCUT2D eigenvalue weighted by molar-refractivity contribution is 5.59. The molecule has 3 atom stereocenters. The fourth-order valence-electron chi connectivity index (χ4n) is 2.95. The summed E-state index contributed by atoms with van der Waals surface area (Å²) in [4.78, 5) is 0. The quantitative estimate of drug-likeness (QED) is 0.505. The lowest BCUT2D eigenvalue weighted by Crippen LogP contribution is -2.33. The molecule has 1 heterocycles. The van der Waals surface area contributed by atoms with Gasteiger partial charge in [0.15, 0.2) is 17.6 Å². The first-order valence-corrected chi connectivity index (χ1v) is 8.23. The van der Waals surface area contributed by atoms with E-state index in [1.165, 1.54) is 18.2 Å². The zero-order valence-electron chi connectivity index (χ0n) is 14.7. The Morgan fingerprint density at radius 3 is 2.12 bits per heavy atom. The maximum atomic E-state index is 10.5. The second kappa shape index (κ2) is 7.11. The summed E-state index contributed by atoms with van der Waals surface area (Å²) in [5.41, 5.74) is 1.38. The van der Waals surface area contributed by atoms with Crippen LogP contribution in [0.3, 0.4) is 0 Å². The van der Waals surface area contributed by atoms with Gasteiger partial charge in [0, 0.05) is 23.1 Å². The van der Waals surface area contributed by atoms with Crippen molar-refractivity contribution in [1.29, 1.82) is 0 Å². The highest BCUT2D eigenvalue weighted by Gasteiger charge is 2.39. The Kier molecular flexibility index (Phi) is 5.33.